The fourth-order valence-electron chi connectivity index (χ4n) is 1.63. The van der Waals surface area contributed by atoms with Gasteiger partial charge in [-0.05, 0) is 25.0 Å². The maximum Gasteiger partial charge on any atom is 0.269 e. The summed E-state index contributed by atoms with van der Waals surface area (Å²) in [6.45, 7) is 2.51. The Morgan fingerprint density at radius 1 is 1.53 bits per heavy atom. The number of carbonyl (C=O) groups excluding carboxylic acids is 1. The Morgan fingerprint density at radius 2 is 2.35 bits per heavy atom. The van der Waals surface area contributed by atoms with Gasteiger partial charge in [-0.3, -0.25) is 9.20 Å². The zero-order valence-corrected chi connectivity index (χ0v) is 9.68. The highest BCUT2D eigenvalue weighted by molar-refractivity contribution is 5.93. The molecule has 1 amide bonds. The number of pyridine rings is 1. The van der Waals surface area contributed by atoms with Crippen molar-refractivity contribution >= 4 is 11.6 Å². The van der Waals surface area contributed by atoms with E-state index in [0.717, 1.165) is 11.2 Å². The minimum atomic E-state index is -0.170. The summed E-state index contributed by atoms with van der Waals surface area (Å²) in [7, 11) is 0. The number of aliphatic hydroxyl groups is 1. The molecule has 0 unspecified atom stereocenters. The van der Waals surface area contributed by atoms with E-state index in [2.05, 4.69) is 10.3 Å². The van der Waals surface area contributed by atoms with Crippen LogP contribution in [0.2, 0.25) is 0 Å². The number of hydrogen-bond donors (Lipinski definition) is 2. The number of hydrogen-bond acceptors (Lipinski definition) is 3. The number of aliphatic hydroxyl groups excluding tert-OH is 1. The molecular formula is C12H15N3O2. The van der Waals surface area contributed by atoms with Crippen molar-refractivity contribution in [2.75, 3.05) is 13.2 Å². The molecule has 0 fully saturated rings. The van der Waals surface area contributed by atoms with E-state index in [1.54, 1.807) is 10.6 Å². The van der Waals surface area contributed by atoms with Crippen LogP contribution in [0.4, 0.5) is 0 Å². The molecule has 2 aromatic rings. The Hall–Kier alpha value is -1.88. The minimum absolute atomic E-state index is 0.0759. The molecule has 0 spiro atoms. The lowest BCUT2D eigenvalue weighted by Gasteiger charge is -2.04. The van der Waals surface area contributed by atoms with Crippen LogP contribution in [0.1, 0.15) is 22.5 Å². The molecular weight excluding hydrogens is 218 g/mol. The zero-order valence-electron chi connectivity index (χ0n) is 9.68. The van der Waals surface area contributed by atoms with E-state index in [0.29, 0.717) is 18.7 Å². The normalized spacial score (nSPS) is 10.7. The van der Waals surface area contributed by atoms with Crippen molar-refractivity contribution in [3.63, 3.8) is 0 Å². The van der Waals surface area contributed by atoms with E-state index >= 15 is 0 Å². The van der Waals surface area contributed by atoms with Crippen molar-refractivity contribution < 1.29 is 9.90 Å². The number of carbonyl (C=O) groups is 1. The molecule has 0 aliphatic heterocycles. The van der Waals surface area contributed by atoms with Crippen LogP contribution in [0.25, 0.3) is 5.65 Å². The first kappa shape index (κ1) is 11.6. The van der Waals surface area contributed by atoms with E-state index in [1.807, 2.05) is 25.3 Å². The highest BCUT2D eigenvalue weighted by atomic mass is 16.3. The van der Waals surface area contributed by atoms with Crippen molar-refractivity contribution in [1.29, 1.82) is 0 Å². The quantitative estimate of drug-likeness (QED) is 0.766. The van der Waals surface area contributed by atoms with Gasteiger partial charge in [0, 0.05) is 19.3 Å². The third-order valence-corrected chi connectivity index (χ3v) is 2.51. The monoisotopic (exact) mass is 233 g/mol. The van der Waals surface area contributed by atoms with Crippen LogP contribution >= 0.6 is 0 Å². The van der Waals surface area contributed by atoms with Crippen molar-refractivity contribution in [3.8, 4) is 0 Å². The van der Waals surface area contributed by atoms with Gasteiger partial charge in [0.25, 0.3) is 5.91 Å². The van der Waals surface area contributed by atoms with Crippen LogP contribution in [-0.2, 0) is 0 Å². The summed E-state index contributed by atoms with van der Waals surface area (Å²) in [5.74, 6) is -0.170. The summed E-state index contributed by atoms with van der Waals surface area (Å²) in [5.41, 5.74) is 2.34. The molecule has 0 radical (unpaired) electrons. The van der Waals surface area contributed by atoms with Crippen LogP contribution in [0.5, 0.6) is 0 Å². The molecule has 5 heteroatoms. The van der Waals surface area contributed by atoms with Gasteiger partial charge in [0.2, 0.25) is 0 Å². The van der Waals surface area contributed by atoms with Crippen LogP contribution < -0.4 is 5.32 Å². The predicted octanol–water partition coefficient (Wildman–Crippen LogP) is 0.755. The fraction of sp³-hybridized carbons (Fsp3) is 0.333. The van der Waals surface area contributed by atoms with Crippen LogP contribution in [-0.4, -0.2) is 33.6 Å². The molecule has 2 aromatic heterocycles. The number of imidazole rings is 1. The molecule has 0 bridgehead atoms. The van der Waals surface area contributed by atoms with E-state index < -0.39 is 0 Å². The predicted molar refractivity (Wildman–Crippen MR) is 64.0 cm³/mol. The molecule has 0 saturated carbocycles. The molecule has 0 aliphatic carbocycles. The lowest BCUT2D eigenvalue weighted by molar-refractivity contribution is 0.0945. The molecule has 0 aliphatic rings. The van der Waals surface area contributed by atoms with E-state index in [-0.39, 0.29) is 12.5 Å². The van der Waals surface area contributed by atoms with Gasteiger partial charge in [-0.2, -0.15) is 0 Å². The molecule has 2 N–H and O–H groups in total. The van der Waals surface area contributed by atoms with Crippen LogP contribution in [0, 0.1) is 6.92 Å². The van der Waals surface area contributed by atoms with Crippen molar-refractivity contribution in [3.05, 3.63) is 35.8 Å². The smallest absolute Gasteiger partial charge is 0.269 e. The lowest BCUT2D eigenvalue weighted by atomic mass is 10.3. The number of aryl methyl sites for hydroxylation is 1. The first-order valence-electron chi connectivity index (χ1n) is 5.55. The largest absolute Gasteiger partial charge is 0.396 e. The summed E-state index contributed by atoms with van der Waals surface area (Å²) >= 11 is 0. The van der Waals surface area contributed by atoms with Crippen LogP contribution in [0.3, 0.4) is 0 Å². The minimum Gasteiger partial charge on any atom is -0.396 e. The Morgan fingerprint density at radius 3 is 3.12 bits per heavy atom. The van der Waals surface area contributed by atoms with Gasteiger partial charge in [-0.15, -0.1) is 0 Å². The molecule has 2 heterocycles. The summed E-state index contributed by atoms with van der Waals surface area (Å²) in [4.78, 5) is 16.0. The molecule has 2 rings (SSSR count). The lowest BCUT2D eigenvalue weighted by Crippen LogP contribution is -2.26. The fourth-order valence-corrected chi connectivity index (χ4v) is 1.63. The molecule has 17 heavy (non-hydrogen) atoms. The Kier molecular flexibility index (Phi) is 3.39. The third kappa shape index (κ3) is 2.45. The van der Waals surface area contributed by atoms with Gasteiger partial charge < -0.3 is 10.4 Å². The highest BCUT2D eigenvalue weighted by Gasteiger charge is 2.10. The first-order chi connectivity index (χ1) is 8.22. The SMILES string of the molecule is Cc1ccc2ncc(C(=O)NCCCO)n2c1. The second kappa shape index (κ2) is 4.97. The van der Waals surface area contributed by atoms with E-state index in [9.17, 15) is 4.79 Å². The van der Waals surface area contributed by atoms with Crippen molar-refractivity contribution in [2.45, 2.75) is 13.3 Å². The summed E-state index contributed by atoms with van der Waals surface area (Å²) in [6, 6.07) is 3.83. The van der Waals surface area contributed by atoms with Crippen molar-refractivity contribution in [2.24, 2.45) is 0 Å². The first-order valence-corrected chi connectivity index (χ1v) is 5.55. The maximum atomic E-state index is 11.9. The average Bonchev–Trinajstić information content (AvgIpc) is 2.72. The van der Waals surface area contributed by atoms with Gasteiger partial charge in [0.15, 0.2) is 0 Å². The van der Waals surface area contributed by atoms with E-state index in [4.69, 9.17) is 5.11 Å². The van der Waals surface area contributed by atoms with Gasteiger partial charge in [0.1, 0.15) is 11.3 Å². The van der Waals surface area contributed by atoms with Crippen molar-refractivity contribution in [1.82, 2.24) is 14.7 Å². The Bertz CT molecular complexity index is 534. The highest BCUT2D eigenvalue weighted by Crippen LogP contribution is 2.08. The maximum absolute atomic E-state index is 11.9. The van der Waals surface area contributed by atoms with Gasteiger partial charge in [-0.25, -0.2) is 4.98 Å². The third-order valence-electron chi connectivity index (χ3n) is 2.51. The molecule has 90 valence electrons. The standard InChI is InChI=1S/C12H15N3O2/c1-9-3-4-11-14-7-10(15(11)8-9)12(17)13-5-2-6-16/h3-4,7-8,16H,2,5-6H2,1H3,(H,13,17). The average molecular weight is 233 g/mol. The number of fused-ring (bicyclic) bond motifs is 1. The summed E-state index contributed by atoms with van der Waals surface area (Å²) in [5, 5.41) is 11.4. The molecule has 0 aromatic carbocycles. The van der Waals surface area contributed by atoms with E-state index in [1.165, 1.54) is 0 Å². The number of aromatic nitrogens is 2. The number of rotatable bonds is 4. The Labute approximate surface area is 99.1 Å². The topological polar surface area (TPSA) is 66.6 Å². The number of nitrogens with one attached hydrogen (secondary N) is 1. The van der Waals surface area contributed by atoms with Crippen LogP contribution in [0.15, 0.2) is 24.5 Å². The second-order valence-corrected chi connectivity index (χ2v) is 3.91. The zero-order chi connectivity index (χ0) is 12.3. The molecule has 5 nitrogen and oxygen atoms in total. The molecule has 0 atom stereocenters. The molecule has 0 saturated heterocycles. The van der Waals surface area contributed by atoms with Gasteiger partial charge in [-0.1, -0.05) is 6.07 Å². The Balaban J connectivity index is 2.23. The number of amides is 1. The second-order valence-electron chi connectivity index (χ2n) is 3.91. The summed E-state index contributed by atoms with van der Waals surface area (Å²) in [6.07, 6.45) is 3.99. The van der Waals surface area contributed by atoms with Gasteiger partial charge in [0.05, 0.1) is 6.20 Å². The number of nitrogens with zero attached hydrogens (tertiary/aromatic N) is 2. The van der Waals surface area contributed by atoms with Gasteiger partial charge >= 0.3 is 0 Å². The summed E-state index contributed by atoms with van der Waals surface area (Å²) < 4.78 is 1.77.